The third-order valence-corrected chi connectivity index (χ3v) is 8.21. The van der Waals surface area contributed by atoms with Gasteiger partial charge in [0.15, 0.2) is 0 Å². The Bertz CT molecular complexity index is 1370. The second-order valence-corrected chi connectivity index (χ2v) is 11.0. The van der Waals surface area contributed by atoms with Gasteiger partial charge < -0.3 is 10.2 Å². The average molecular weight is 528 g/mol. The number of nitrogens with zero attached hydrogens (tertiary/aromatic N) is 3. The molecule has 3 unspecified atom stereocenters. The molecule has 6 nitrogen and oxygen atoms in total. The lowest BCUT2D eigenvalue weighted by atomic mass is 9.92. The molecule has 3 aromatic carbocycles. The highest BCUT2D eigenvalue weighted by Gasteiger charge is 2.35. The Morgan fingerprint density at radius 3 is 2.45 bits per heavy atom. The van der Waals surface area contributed by atoms with Crippen LogP contribution in [0.4, 0.5) is 0 Å². The molecule has 0 aliphatic carbocycles. The molecular formula is C31H33N3O3S. The number of aromatic hydroxyl groups is 1. The average Bonchev–Trinajstić information content (AvgIpc) is 3.36. The lowest BCUT2D eigenvalue weighted by molar-refractivity contribution is -0.136. The first-order chi connectivity index (χ1) is 18.4. The van der Waals surface area contributed by atoms with Gasteiger partial charge >= 0.3 is 5.97 Å². The van der Waals surface area contributed by atoms with E-state index in [-0.39, 0.29) is 18.2 Å². The van der Waals surface area contributed by atoms with Gasteiger partial charge in [-0.1, -0.05) is 66.7 Å². The molecule has 196 valence electrons. The first-order valence-corrected chi connectivity index (χ1v) is 13.8. The standard InChI is InChI=1S/C31H33N3O3S/c1-21-18-34(22(2)17-33(21)19-23-7-4-3-5-8-23)30(26-9-6-10-28(35)15-26)24-11-13-25(14-12-24)31-32-27(20-38-31)16-29(36)37/h3-15,20-22,30,35H,16-19H2,1-2H3,(H,36,37). The number of benzene rings is 3. The summed E-state index contributed by atoms with van der Waals surface area (Å²) in [7, 11) is 0. The van der Waals surface area contributed by atoms with Crippen molar-refractivity contribution in [3.8, 4) is 16.3 Å². The topological polar surface area (TPSA) is 76.9 Å². The highest BCUT2D eigenvalue weighted by Crippen LogP contribution is 2.36. The van der Waals surface area contributed by atoms with Gasteiger partial charge in [0.05, 0.1) is 18.2 Å². The summed E-state index contributed by atoms with van der Waals surface area (Å²) in [6.45, 7) is 7.37. The molecule has 0 amide bonds. The first kappa shape index (κ1) is 26.1. The zero-order valence-electron chi connectivity index (χ0n) is 21.7. The highest BCUT2D eigenvalue weighted by atomic mass is 32.1. The van der Waals surface area contributed by atoms with E-state index in [4.69, 9.17) is 5.11 Å². The van der Waals surface area contributed by atoms with E-state index in [2.05, 4.69) is 89.3 Å². The third kappa shape index (κ3) is 5.96. The lowest BCUT2D eigenvalue weighted by Crippen LogP contribution is -2.56. The Morgan fingerprint density at radius 2 is 1.74 bits per heavy atom. The SMILES string of the molecule is CC1CN(C(c2ccc(-c3nc(CC(=O)O)cs3)cc2)c2cccc(O)c2)C(C)CN1Cc1ccccc1. The molecule has 1 aliphatic heterocycles. The number of aromatic nitrogens is 1. The van der Waals surface area contributed by atoms with Crippen molar-refractivity contribution in [2.45, 2.75) is 44.9 Å². The van der Waals surface area contributed by atoms with E-state index in [1.807, 2.05) is 17.5 Å². The van der Waals surface area contributed by atoms with Crippen LogP contribution in [0.1, 0.15) is 42.3 Å². The number of hydrogen-bond donors (Lipinski definition) is 2. The largest absolute Gasteiger partial charge is 0.508 e. The zero-order valence-corrected chi connectivity index (χ0v) is 22.5. The predicted octanol–water partition coefficient (Wildman–Crippen LogP) is 5.83. The molecule has 0 spiro atoms. The van der Waals surface area contributed by atoms with E-state index in [1.54, 1.807) is 6.07 Å². The number of phenolic OH excluding ortho intramolecular Hbond substituents is 1. The fourth-order valence-electron chi connectivity index (χ4n) is 5.38. The fourth-order valence-corrected chi connectivity index (χ4v) is 6.20. The van der Waals surface area contributed by atoms with Crippen molar-refractivity contribution < 1.29 is 15.0 Å². The highest BCUT2D eigenvalue weighted by molar-refractivity contribution is 7.13. The number of carboxylic acids is 1. The van der Waals surface area contributed by atoms with Gasteiger partial charge in [-0.2, -0.15) is 0 Å². The molecule has 7 heteroatoms. The molecular weight excluding hydrogens is 494 g/mol. The quantitative estimate of drug-likeness (QED) is 0.300. The Labute approximate surface area is 227 Å². The summed E-state index contributed by atoms with van der Waals surface area (Å²) in [6.07, 6.45) is -0.0690. The van der Waals surface area contributed by atoms with Gasteiger partial charge in [0.2, 0.25) is 0 Å². The van der Waals surface area contributed by atoms with Gasteiger partial charge in [-0.25, -0.2) is 4.98 Å². The zero-order chi connectivity index (χ0) is 26.6. The van der Waals surface area contributed by atoms with Gasteiger partial charge in [0.25, 0.3) is 0 Å². The van der Waals surface area contributed by atoms with Crippen molar-refractivity contribution in [1.82, 2.24) is 14.8 Å². The summed E-state index contributed by atoms with van der Waals surface area (Å²) in [5.74, 6) is -0.611. The Morgan fingerprint density at radius 1 is 0.974 bits per heavy atom. The maximum absolute atomic E-state index is 11.0. The van der Waals surface area contributed by atoms with Crippen LogP contribution in [0.5, 0.6) is 5.75 Å². The van der Waals surface area contributed by atoms with Crippen molar-refractivity contribution in [2.75, 3.05) is 13.1 Å². The van der Waals surface area contributed by atoms with E-state index in [0.29, 0.717) is 17.8 Å². The minimum absolute atomic E-state index is 0.00802. The molecule has 38 heavy (non-hydrogen) atoms. The van der Waals surface area contributed by atoms with E-state index in [0.717, 1.165) is 41.3 Å². The van der Waals surface area contributed by atoms with Crippen molar-refractivity contribution in [1.29, 1.82) is 0 Å². The van der Waals surface area contributed by atoms with Gasteiger partial charge in [-0.15, -0.1) is 11.3 Å². The van der Waals surface area contributed by atoms with Crippen LogP contribution in [0.3, 0.4) is 0 Å². The molecule has 0 radical (unpaired) electrons. The van der Waals surface area contributed by atoms with Gasteiger partial charge in [-0.3, -0.25) is 14.6 Å². The van der Waals surface area contributed by atoms with Gasteiger partial charge in [-0.05, 0) is 42.7 Å². The molecule has 1 fully saturated rings. The second kappa shape index (κ2) is 11.5. The summed E-state index contributed by atoms with van der Waals surface area (Å²) in [5, 5.41) is 22.0. The van der Waals surface area contributed by atoms with Crippen LogP contribution >= 0.6 is 11.3 Å². The number of carboxylic acid groups (broad SMARTS) is 1. The van der Waals surface area contributed by atoms with Crippen molar-refractivity contribution in [3.05, 3.63) is 107 Å². The van der Waals surface area contributed by atoms with Crippen molar-refractivity contribution >= 4 is 17.3 Å². The van der Waals surface area contributed by atoms with Crippen LogP contribution in [-0.2, 0) is 17.8 Å². The van der Waals surface area contributed by atoms with Gasteiger partial charge in [0, 0.05) is 42.7 Å². The first-order valence-electron chi connectivity index (χ1n) is 13.0. The van der Waals surface area contributed by atoms with Crippen LogP contribution in [0.25, 0.3) is 10.6 Å². The monoisotopic (exact) mass is 527 g/mol. The molecule has 2 heterocycles. The van der Waals surface area contributed by atoms with Crippen LogP contribution < -0.4 is 0 Å². The molecule has 4 aromatic rings. The minimum Gasteiger partial charge on any atom is -0.508 e. The summed E-state index contributed by atoms with van der Waals surface area (Å²) in [4.78, 5) is 20.6. The van der Waals surface area contributed by atoms with Crippen molar-refractivity contribution in [2.24, 2.45) is 0 Å². The lowest BCUT2D eigenvalue weighted by Gasteiger charge is -2.47. The molecule has 1 aliphatic rings. The van der Waals surface area contributed by atoms with Crippen LogP contribution in [0.2, 0.25) is 0 Å². The molecule has 0 bridgehead atoms. The maximum Gasteiger partial charge on any atom is 0.309 e. The molecule has 1 saturated heterocycles. The van der Waals surface area contributed by atoms with Crippen LogP contribution in [0.15, 0.2) is 84.2 Å². The van der Waals surface area contributed by atoms with Crippen molar-refractivity contribution in [3.63, 3.8) is 0 Å². The maximum atomic E-state index is 11.0. The van der Waals surface area contributed by atoms with E-state index in [1.165, 1.54) is 16.9 Å². The van der Waals surface area contributed by atoms with Crippen LogP contribution in [0, 0.1) is 0 Å². The number of aliphatic carboxylic acids is 1. The second-order valence-electron chi connectivity index (χ2n) is 10.1. The number of piperazine rings is 1. The molecule has 2 N–H and O–H groups in total. The summed E-state index contributed by atoms with van der Waals surface area (Å²) >= 11 is 1.46. The van der Waals surface area contributed by atoms with Gasteiger partial charge in [0.1, 0.15) is 10.8 Å². The number of thiazole rings is 1. The molecule has 1 aromatic heterocycles. The number of carbonyl (C=O) groups is 1. The summed E-state index contributed by atoms with van der Waals surface area (Å²) in [5.41, 5.74) is 5.09. The van der Waals surface area contributed by atoms with E-state index in [9.17, 15) is 9.90 Å². The van der Waals surface area contributed by atoms with E-state index < -0.39 is 5.97 Å². The Hall–Kier alpha value is -3.52. The molecule has 0 saturated carbocycles. The Kier molecular flexibility index (Phi) is 7.88. The smallest absolute Gasteiger partial charge is 0.309 e. The normalized spacial score (nSPS) is 19.3. The number of phenols is 1. The molecule has 3 atom stereocenters. The summed E-state index contributed by atoms with van der Waals surface area (Å²) < 4.78 is 0. The number of hydrogen-bond acceptors (Lipinski definition) is 6. The summed E-state index contributed by atoms with van der Waals surface area (Å²) in [6, 6.07) is 27.3. The predicted molar refractivity (Wildman–Crippen MR) is 151 cm³/mol. The minimum atomic E-state index is -0.877. The Balaban J connectivity index is 1.41. The third-order valence-electron chi connectivity index (χ3n) is 7.27. The van der Waals surface area contributed by atoms with Crippen LogP contribution in [-0.4, -0.2) is 56.1 Å². The number of rotatable bonds is 8. The molecule has 5 rings (SSSR count). The van der Waals surface area contributed by atoms with E-state index >= 15 is 0 Å². The fraction of sp³-hybridized carbons (Fsp3) is 0.290.